The van der Waals surface area contributed by atoms with Crippen molar-refractivity contribution in [3.63, 3.8) is 0 Å². The lowest BCUT2D eigenvalue weighted by molar-refractivity contribution is 0.0706. The molecule has 7 heteroatoms. The van der Waals surface area contributed by atoms with Gasteiger partial charge in [0.25, 0.3) is 5.91 Å². The molecule has 2 amide bonds. The Bertz CT molecular complexity index is 1060. The van der Waals surface area contributed by atoms with Crippen molar-refractivity contribution in [1.29, 1.82) is 0 Å². The molecule has 0 fully saturated rings. The van der Waals surface area contributed by atoms with Gasteiger partial charge in [-0.2, -0.15) is 0 Å². The second kappa shape index (κ2) is 14.0. The van der Waals surface area contributed by atoms with Gasteiger partial charge < -0.3 is 4.74 Å². The molecule has 0 spiro atoms. The monoisotopic (exact) mass is 465 g/mol. The number of fused-ring (bicyclic) bond motifs is 1. The maximum absolute atomic E-state index is 12.1. The van der Waals surface area contributed by atoms with Crippen LogP contribution < -0.4 is 10.8 Å². The normalized spacial score (nSPS) is 10.4. The SMILES string of the molecule is CCC.CCN(CC)Cc1ccc2cc(COC(=O)Nc3ccc(C(=O)NO)cc3)ccc2c1. The molecule has 3 aromatic rings. The van der Waals surface area contributed by atoms with Crippen LogP contribution >= 0.6 is 0 Å². The van der Waals surface area contributed by atoms with Crippen molar-refractivity contribution >= 4 is 28.5 Å². The van der Waals surface area contributed by atoms with E-state index in [9.17, 15) is 9.59 Å². The van der Waals surface area contributed by atoms with Crippen LogP contribution in [0.15, 0.2) is 60.7 Å². The maximum atomic E-state index is 12.1. The van der Waals surface area contributed by atoms with E-state index in [-0.39, 0.29) is 12.2 Å². The second-order valence-corrected chi connectivity index (χ2v) is 7.90. The standard InChI is InChI=1S/C24H27N3O4.C3H8/c1-3-27(4-2)15-17-5-7-21-14-18(6-8-20(21)13-17)16-31-24(29)25-22-11-9-19(10-12-22)23(28)26-30;1-3-2/h5-14,30H,3-4,15-16H2,1-2H3,(H,25,29)(H,26,28);3H2,1-2H3. The molecule has 3 rings (SSSR count). The number of nitrogens with zero attached hydrogens (tertiary/aromatic N) is 1. The largest absolute Gasteiger partial charge is 0.444 e. The zero-order valence-corrected chi connectivity index (χ0v) is 20.4. The molecule has 0 unspecified atom stereocenters. The number of hydrogen-bond acceptors (Lipinski definition) is 5. The van der Waals surface area contributed by atoms with Crippen LogP contribution in [-0.2, 0) is 17.9 Å². The predicted molar refractivity (Wildman–Crippen MR) is 136 cm³/mol. The van der Waals surface area contributed by atoms with Gasteiger partial charge in [0.05, 0.1) is 0 Å². The van der Waals surface area contributed by atoms with E-state index in [1.807, 2.05) is 18.2 Å². The van der Waals surface area contributed by atoms with Crippen LogP contribution in [-0.4, -0.2) is 35.2 Å². The summed E-state index contributed by atoms with van der Waals surface area (Å²) in [6, 6.07) is 18.5. The van der Waals surface area contributed by atoms with Gasteiger partial charge in [0, 0.05) is 17.8 Å². The summed E-state index contributed by atoms with van der Waals surface area (Å²) in [7, 11) is 0. The third-order valence-electron chi connectivity index (χ3n) is 5.13. The first-order chi connectivity index (χ1) is 16.4. The smallest absolute Gasteiger partial charge is 0.411 e. The van der Waals surface area contributed by atoms with Crippen LogP contribution in [0.1, 0.15) is 55.6 Å². The number of ether oxygens (including phenoxy) is 1. The number of benzene rings is 3. The quantitative estimate of drug-likeness (QED) is 0.282. The molecule has 3 N–H and O–H groups in total. The van der Waals surface area contributed by atoms with Crippen molar-refractivity contribution in [3.05, 3.63) is 77.4 Å². The molecule has 0 bridgehead atoms. The van der Waals surface area contributed by atoms with E-state index in [0.717, 1.165) is 36.0 Å². The first-order valence-corrected chi connectivity index (χ1v) is 11.7. The van der Waals surface area contributed by atoms with Gasteiger partial charge in [-0.3, -0.25) is 20.2 Å². The molecule has 0 atom stereocenters. The Balaban J connectivity index is 0.00000129. The Morgan fingerprint density at radius 1 is 0.853 bits per heavy atom. The number of nitrogens with one attached hydrogen (secondary N) is 2. The molecule has 0 saturated heterocycles. The van der Waals surface area contributed by atoms with E-state index >= 15 is 0 Å². The maximum Gasteiger partial charge on any atom is 0.411 e. The lowest BCUT2D eigenvalue weighted by Gasteiger charge is -2.18. The van der Waals surface area contributed by atoms with Crippen LogP contribution in [0.4, 0.5) is 10.5 Å². The van der Waals surface area contributed by atoms with Crippen molar-refractivity contribution in [2.45, 2.75) is 47.3 Å². The summed E-state index contributed by atoms with van der Waals surface area (Å²) in [5, 5.41) is 13.5. The van der Waals surface area contributed by atoms with Crippen molar-refractivity contribution in [2.24, 2.45) is 0 Å². The van der Waals surface area contributed by atoms with Crippen LogP contribution in [0.2, 0.25) is 0 Å². The summed E-state index contributed by atoms with van der Waals surface area (Å²) in [6.45, 7) is 11.7. The highest BCUT2D eigenvalue weighted by Gasteiger charge is 2.08. The van der Waals surface area contributed by atoms with E-state index in [2.05, 4.69) is 56.1 Å². The van der Waals surface area contributed by atoms with Gasteiger partial charge in [-0.1, -0.05) is 58.4 Å². The van der Waals surface area contributed by atoms with Gasteiger partial charge in [0.1, 0.15) is 6.61 Å². The molecule has 0 heterocycles. The molecular formula is C27H35N3O4. The van der Waals surface area contributed by atoms with Gasteiger partial charge in [-0.15, -0.1) is 0 Å². The second-order valence-electron chi connectivity index (χ2n) is 7.90. The number of hydrogen-bond donors (Lipinski definition) is 3. The number of amides is 2. The molecule has 0 saturated carbocycles. The number of carbonyl (C=O) groups is 2. The molecule has 0 aliphatic rings. The topological polar surface area (TPSA) is 90.9 Å². The predicted octanol–water partition coefficient (Wildman–Crippen LogP) is 5.97. The molecule has 0 aliphatic carbocycles. The van der Waals surface area contributed by atoms with Crippen LogP contribution in [0.3, 0.4) is 0 Å². The van der Waals surface area contributed by atoms with Gasteiger partial charge in [-0.25, -0.2) is 10.3 Å². The zero-order chi connectivity index (χ0) is 24.9. The van der Waals surface area contributed by atoms with Crippen molar-refractivity contribution in [1.82, 2.24) is 10.4 Å². The molecule has 0 aromatic heterocycles. The van der Waals surface area contributed by atoms with E-state index in [1.54, 1.807) is 17.6 Å². The molecule has 0 radical (unpaired) electrons. The Labute approximate surface area is 201 Å². The summed E-state index contributed by atoms with van der Waals surface area (Å²) in [5.41, 5.74) is 4.49. The number of rotatable bonds is 8. The van der Waals surface area contributed by atoms with Crippen LogP contribution in [0.25, 0.3) is 10.8 Å². The fraction of sp³-hybridized carbons (Fsp3) is 0.333. The number of carbonyl (C=O) groups excluding carboxylic acids is 2. The molecule has 0 aliphatic heterocycles. The highest BCUT2D eigenvalue weighted by atomic mass is 16.5. The average molecular weight is 466 g/mol. The Morgan fingerprint density at radius 3 is 1.97 bits per heavy atom. The van der Waals surface area contributed by atoms with Crippen molar-refractivity contribution in [3.8, 4) is 0 Å². The lowest BCUT2D eigenvalue weighted by atomic mass is 10.0. The first-order valence-electron chi connectivity index (χ1n) is 11.7. The Hall–Kier alpha value is -3.42. The van der Waals surface area contributed by atoms with Gasteiger partial charge >= 0.3 is 6.09 Å². The van der Waals surface area contributed by atoms with Crippen LogP contribution in [0, 0.1) is 0 Å². The van der Waals surface area contributed by atoms with E-state index in [4.69, 9.17) is 9.94 Å². The third kappa shape index (κ3) is 8.17. The Kier molecular flexibility index (Phi) is 11.0. The molecule has 182 valence electrons. The highest BCUT2D eigenvalue weighted by Crippen LogP contribution is 2.20. The highest BCUT2D eigenvalue weighted by molar-refractivity contribution is 5.94. The average Bonchev–Trinajstić information content (AvgIpc) is 2.86. The fourth-order valence-electron chi connectivity index (χ4n) is 3.31. The zero-order valence-electron chi connectivity index (χ0n) is 20.4. The summed E-state index contributed by atoms with van der Waals surface area (Å²) >= 11 is 0. The van der Waals surface area contributed by atoms with E-state index in [0.29, 0.717) is 5.69 Å². The summed E-state index contributed by atoms with van der Waals surface area (Å²) in [5.74, 6) is -0.620. The van der Waals surface area contributed by atoms with Crippen molar-refractivity contribution < 1.29 is 19.5 Å². The minimum absolute atomic E-state index is 0.147. The van der Waals surface area contributed by atoms with E-state index in [1.165, 1.54) is 24.1 Å². The summed E-state index contributed by atoms with van der Waals surface area (Å²) in [4.78, 5) is 25.8. The first kappa shape index (κ1) is 26.8. The molecule has 7 nitrogen and oxygen atoms in total. The van der Waals surface area contributed by atoms with Gasteiger partial charge in [0.2, 0.25) is 0 Å². The number of hydroxylamine groups is 1. The summed E-state index contributed by atoms with van der Waals surface area (Å²) in [6.07, 6.45) is 0.661. The van der Waals surface area contributed by atoms with Crippen LogP contribution in [0.5, 0.6) is 0 Å². The van der Waals surface area contributed by atoms with Gasteiger partial charge in [0.15, 0.2) is 0 Å². The fourth-order valence-corrected chi connectivity index (χ4v) is 3.31. The Morgan fingerprint density at radius 2 is 1.41 bits per heavy atom. The summed E-state index contributed by atoms with van der Waals surface area (Å²) < 4.78 is 5.31. The minimum Gasteiger partial charge on any atom is -0.444 e. The number of anilines is 1. The molecular weight excluding hydrogens is 430 g/mol. The minimum atomic E-state index is -0.620. The van der Waals surface area contributed by atoms with E-state index < -0.39 is 12.0 Å². The molecule has 34 heavy (non-hydrogen) atoms. The van der Waals surface area contributed by atoms with Gasteiger partial charge in [-0.05, 0) is 71.4 Å². The molecule has 3 aromatic carbocycles. The third-order valence-corrected chi connectivity index (χ3v) is 5.13. The lowest BCUT2D eigenvalue weighted by Crippen LogP contribution is -2.21. The van der Waals surface area contributed by atoms with Crippen molar-refractivity contribution in [2.75, 3.05) is 18.4 Å².